The summed E-state index contributed by atoms with van der Waals surface area (Å²) in [5, 5.41) is 0.329. The van der Waals surface area contributed by atoms with E-state index < -0.39 is 15.0 Å². The van der Waals surface area contributed by atoms with Gasteiger partial charge in [-0.2, -0.15) is 0 Å². The molecule has 0 atom stereocenters. The highest BCUT2D eigenvalue weighted by Gasteiger charge is 2.18. The molecule has 0 heterocycles. The molecule has 0 saturated heterocycles. The average Bonchev–Trinajstić information content (AvgIpc) is 2.26. The third-order valence-electron chi connectivity index (χ3n) is 1.89. The van der Waals surface area contributed by atoms with E-state index in [1.807, 2.05) is 0 Å². The van der Waals surface area contributed by atoms with Gasteiger partial charge in [0.05, 0.1) is 17.6 Å². The Labute approximate surface area is 106 Å². The fourth-order valence-corrected chi connectivity index (χ4v) is 2.96. The van der Waals surface area contributed by atoms with Crippen LogP contribution in [0.15, 0.2) is 23.1 Å². The number of methoxy groups -OCH3 is 1. The first kappa shape index (κ1) is 13.5. The predicted molar refractivity (Wildman–Crippen MR) is 63.5 cm³/mol. The average molecular weight is 328 g/mol. The first-order chi connectivity index (χ1) is 7.40. The van der Waals surface area contributed by atoms with Gasteiger partial charge in [-0.3, -0.25) is 0 Å². The topological polar surface area (TPSA) is 60.4 Å². The van der Waals surface area contributed by atoms with Crippen molar-refractivity contribution in [3.05, 3.63) is 29.3 Å². The van der Waals surface area contributed by atoms with Crippen LogP contribution in [0.1, 0.15) is 15.9 Å². The summed E-state index contributed by atoms with van der Waals surface area (Å²) in [6, 6.07) is 4.19. The van der Waals surface area contributed by atoms with Gasteiger partial charge in [-0.25, -0.2) is 13.2 Å². The zero-order chi connectivity index (χ0) is 12.3. The maximum absolute atomic E-state index is 11.3. The molecule has 0 aliphatic rings. The molecule has 1 aromatic rings. The molecule has 0 fully saturated rings. The van der Waals surface area contributed by atoms with E-state index in [9.17, 15) is 13.2 Å². The van der Waals surface area contributed by atoms with Crippen molar-refractivity contribution in [2.24, 2.45) is 0 Å². The predicted octanol–water partition coefficient (Wildman–Crippen LogP) is 2.30. The molecule has 0 amide bonds. The summed E-state index contributed by atoms with van der Waals surface area (Å²) >= 11 is 3.14. The van der Waals surface area contributed by atoms with E-state index in [1.165, 1.54) is 25.3 Å². The van der Waals surface area contributed by atoms with Gasteiger partial charge in [0.2, 0.25) is 0 Å². The van der Waals surface area contributed by atoms with Crippen LogP contribution in [0.5, 0.6) is 0 Å². The lowest BCUT2D eigenvalue weighted by Crippen LogP contribution is -2.04. The van der Waals surface area contributed by atoms with Crippen molar-refractivity contribution >= 4 is 41.6 Å². The minimum Gasteiger partial charge on any atom is -0.465 e. The molecule has 7 heteroatoms. The summed E-state index contributed by atoms with van der Waals surface area (Å²) in [7, 11) is 2.60. The molecule has 88 valence electrons. The molecule has 0 spiro atoms. The minimum absolute atomic E-state index is 0.0889. The van der Waals surface area contributed by atoms with Crippen molar-refractivity contribution in [3.8, 4) is 0 Å². The van der Waals surface area contributed by atoms with Gasteiger partial charge >= 0.3 is 5.97 Å². The Bertz CT molecular complexity index is 512. The highest BCUT2D eigenvalue weighted by Crippen LogP contribution is 2.23. The van der Waals surface area contributed by atoms with Crippen LogP contribution in [0.3, 0.4) is 0 Å². The summed E-state index contributed by atoms with van der Waals surface area (Å²) in [5.41, 5.74) is 0.633. The van der Waals surface area contributed by atoms with E-state index in [0.29, 0.717) is 10.9 Å². The van der Waals surface area contributed by atoms with Crippen LogP contribution in [-0.2, 0) is 19.1 Å². The van der Waals surface area contributed by atoms with Crippen LogP contribution in [0.2, 0.25) is 0 Å². The largest absolute Gasteiger partial charge is 0.465 e. The number of halogens is 2. The van der Waals surface area contributed by atoms with Crippen LogP contribution >= 0.6 is 26.6 Å². The Morgan fingerprint density at radius 2 is 2.12 bits per heavy atom. The second kappa shape index (κ2) is 5.16. The Kier molecular flexibility index (Phi) is 4.35. The lowest BCUT2D eigenvalue weighted by molar-refractivity contribution is 0.0600. The number of esters is 1. The summed E-state index contributed by atoms with van der Waals surface area (Å²) in [4.78, 5) is 11.1. The van der Waals surface area contributed by atoms with Crippen LogP contribution in [0.25, 0.3) is 0 Å². The van der Waals surface area contributed by atoms with Gasteiger partial charge in [0.15, 0.2) is 0 Å². The number of alkyl halides is 1. The first-order valence-electron chi connectivity index (χ1n) is 4.12. The molecule has 1 aromatic carbocycles. The molecule has 0 aromatic heterocycles. The van der Waals surface area contributed by atoms with Crippen molar-refractivity contribution in [1.29, 1.82) is 0 Å². The van der Waals surface area contributed by atoms with Crippen molar-refractivity contribution in [2.45, 2.75) is 10.2 Å². The Morgan fingerprint density at radius 3 is 2.56 bits per heavy atom. The SMILES string of the molecule is COC(=O)c1ccc(CBr)c(S(=O)(=O)Cl)c1. The number of benzene rings is 1. The van der Waals surface area contributed by atoms with Gasteiger partial charge in [-0.1, -0.05) is 22.0 Å². The maximum Gasteiger partial charge on any atom is 0.337 e. The lowest BCUT2D eigenvalue weighted by atomic mass is 10.1. The zero-order valence-electron chi connectivity index (χ0n) is 8.24. The van der Waals surface area contributed by atoms with Gasteiger partial charge in [0, 0.05) is 16.0 Å². The van der Waals surface area contributed by atoms with E-state index in [1.54, 1.807) is 0 Å². The summed E-state index contributed by atoms with van der Waals surface area (Å²) in [6.07, 6.45) is 0. The molecule has 0 unspecified atom stereocenters. The highest BCUT2D eigenvalue weighted by atomic mass is 79.9. The van der Waals surface area contributed by atoms with Crippen LogP contribution in [0.4, 0.5) is 0 Å². The molecule has 0 radical (unpaired) electrons. The second-order valence-corrected chi connectivity index (χ2v) is 5.98. The van der Waals surface area contributed by atoms with Crippen molar-refractivity contribution in [1.82, 2.24) is 0 Å². The fraction of sp³-hybridized carbons (Fsp3) is 0.222. The molecular formula is C9H8BrClO4S. The number of hydrogen-bond acceptors (Lipinski definition) is 4. The minimum atomic E-state index is -3.88. The van der Waals surface area contributed by atoms with Crippen molar-refractivity contribution in [3.63, 3.8) is 0 Å². The Hall–Kier alpha value is -0.590. The van der Waals surface area contributed by atoms with Gasteiger partial charge in [0.1, 0.15) is 0 Å². The van der Waals surface area contributed by atoms with E-state index in [0.717, 1.165) is 0 Å². The van der Waals surface area contributed by atoms with E-state index >= 15 is 0 Å². The van der Waals surface area contributed by atoms with Gasteiger partial charge in [0.25, 0.3) is 9.05 Å². The van der Waals surface area contributed by atoms with Gasteiger partial charge in [-0.15, -0.1) is 0 Å². The van der Waals surface area contributed by atoms with E-state index in [4.69, 9.17) is 10.7 Å². The Morgan fingerprint density at radius 1 is 1.50 bits per heavy atom. The molecule has 0 aliphatic heterocycles. The first-order valence-corrected chi connectivity index (χ1v) is 7.55. The van der Waals surface area contributed by atoms with Crippen LogP contribution in [0, 0.1) is 0 Å². The highest BCUT2D eigenvalue weighted by molar-refractivity contribution is 9.08. The van der Waals surface area contributed by atoms with Crippen LogP contribution < -0.4 is 0 Å². The molecule has 0 saturated carbocycles. The van der Waals surface area contributed by atoms with Gasteiger partial charge < -0.3 is 4.74 Å². The normalized spacial score (nSPS) is 11.2. The number of carbonyl (C=O) groups is 1. The summed E-state index contributed by atoms with van der Waals surface area (Å²) < 4.78 is 27.0. The summed E-state index contributed by atoms with van der Waals surface area (Å²) in [5.74, 6) is -0.609. The maximum atomic E-state index is 11.3. The van der Waals surface area contributed by atoms with E-state index in [2.05, 4.69) is 20.7 Å². The van der Waals surface area contributed by atoms with E-state index in [-0.39, 0.29) is 10.5 Å². The monoisotopic (exact) mass is 326 g/mol. The standard InChI is InChI=1S/C9H8BrClO4S/c1-15-9(12)6-2-3-7(5-10)8(4-6)16(11,13)14/h2-4H,5H2,1H3. The van der Waals surface area contributed by atoms with Crippen molar-refractivity contribution < 1.29 is 17.9 Å². The third kappa shape index (κ3) is 2.96. The molecule has 0 bridgehead atoms. The number of ether oxygens (including phenoxy) is 1. The molecule has 1 rings (SSSR count). The smallest absolute Gasteiger partial charge is 0.337 e. The summed E-state index contributed by atoms with van der Waals surface area (Å²) in [6.45, 7) is 0. The number of hydrogen-bond donors (Lipinski definition) is 0. The van der Waals surface area contributed by atoms with Crippen molar-refractivity contribution in [2.75, 3.05) is 7.11 Å². The third-order valence-corrected chi connectivity index (χ3v) is 3.90. The number of carbonyl (C=O) groups excluding carboxylic acids is 1. The molecule has 0 N–H and O–H groups in total. The fourth-order valence-electron chi connectivity index (χ4n) is 1.14. The number of rotatable bonds is 3. The quantitative estimate of drug-likeness (QED) is 0.485. The second-order valence-electron chi connectivity index (χ2n) is 2.89. The zero-order valence-corrected chi connectivity index (χ0v) is 11.4. The molecular weight excluding hydrogens is 320 g/mol. The van der Waals surface area contributed by atoms with Gasteiger partial charge in [-0.05, 0) is 17.7 Å². The lowest BCUT2D eigenvalue weighted by Gasteiger charge is -2.06. The molecule has 4 nitrogen and oxygen atoms in total. The molecule has 16 heavy (non-hydrogen) atoms. The molecule has 0 aliphatic carbocycles. The Balaban J connectivity index is 3.39. The van der Waals surface area contributed by atoms with Crippen LogP contribution in [-0.4, -0.2) is 21.5 Å².